The number of aromatic nitrogens is 1. The van der Waals surface area contributed by atoms with Crippen LogP contribution in [0.3, 0.4) is 0 Å². The van der Waals surface area contributed by atoms with Crippen molar-refractivity contribution in [1.82, 2.24) is 10.3 Å². The van der Waals surface area contributed by atoms with E-state index in [4.69, 9.17) is 0 Å². The Labute approximate surface area is 98.8 Å². The molecule has 88 valence electrons. The zero-order chi connectivity index (χ0) is 12.0. The molecular weight excluding hydrogens is 224 g/mol. The van der Waals surface area contributed by atoms with Crippen LogP contribution in [-0.4, -0.2) is 29.4 Å². The zero-order valence-corrected chi connectivity index (χ0v) is 10.3. The van der Waals surface area contributed by atoms with Crippen molar-refractivity contribution in [1.29, 1.82) is 0 Å². The molecular formula is C11H16N2O2S. The predicted octanol–water partition coefficient (Wildman–Crippen LogP) is 1.10. The summed E-state index contributed by atoms with van der Waals surface area (Å²) in [5.74, 6) is 1.20. The largest absolute Gasteiger partial charge is 0.350 e. The lowest BCUT2D eigenvalue weighted by atomic mass is 10.2. The first-order chi connectivity index (χ1) is 7.63. The molecule has 1 aromatic rings. The summed E-state index contributed by atoms with van der Waals surface area (Å²) in [6.45, 7) is 2.70. The SMILES string of the molecule is CSCC(C)CNC(=O)c1cccc(=O)[nH]1. The lowest BCUT2D eigenvalue weighted by molar-refractivity contribution is 0.0944. The van der Waals surface area contributed by atoms with Crippen molar-refractivity contribution in [3.63, 3.8) is 0 Å². The van der Waals surface area contributed by atoms with Gasteiger partial charge in [-0.25, -0.2) is 0 Å². The maximum absolute atomic E-state index is 11.6. The molecule has 0 aliphatic carbocycles. The van der Waals surface area contributed by atoms with Crippen LogP contribution in [0.1, 0.15) is 17.4 Å². The van der Waals surface area contributed by atoms with Gasteiger partial charge in [0, 0.05) is 12.6 Å². The van der Waals surface area contributed by atoms with Crippen molar-refractivity contribution in [3.8, 4) is 0 Å². The molecule has 1 unspecified atom stereocenters. The number of carbonyl (C=O) groups is 1. The highest BCUT2D eigenvalue weighted by molar-refractivity contribution is 7.98. The maximum atomic E-state index is 11.6. The van der Waals surface area contributed by atoms with Crippen molar-refractivity contribution >= 4 is 17.7 Å². The van der Waals surface area contributed by atoms with Crippen molar-refractivity contribution in [2.24, 2.45) is 5.92 Å². The van der Waals surface area contributed by atoms with Gasteiger partial charge in [-0.15, -0.1) is 0 Å². The second kappa shape index (κ2) is 6.37. The Hall–Kier alpha value is -1.23. The Morgan fingerprint density at radius 3 is 2.94 bits per heavy atom. The number of amides is 1. The number of hydrogen-bond donors (Lipinski definition) is 2. The second-order valence-electron chi connectivity index (χ2n) is 3.70. The molecule has 0 saturated heterocycles. The first-order valence-electron chi connectivity index (χ1n) is 5.10. The molecule has 2 N–H and O–H groups in total. The van der Waals surface area contributed by atoms with Gasteiger partial charge < -0.3 is 10.3 Å². The highest BCUT2D eigenvalue weighted by atomic mass is 32.2. The third-order valence-corrected chi connectivity index (χ3v) is 2.98. The van der Waals surface area contributed by atoms with Crippen molar-refractivity contribution in [2.75, 3.05) is 18.6 Å². The van der Waals surface area contributed by atoms with Gasteiger partial charge in [-0.3, -0.25) is 9.59 Å². The molecule has 0 saturated carbocycles. The van der Waals surface area contributed by atoms with Gasteiger partial charge in [-0.05, 0) is 24.0 Å². The highest BCUT2D eigenvalue weighted by Gasteiger charge is 2.07. The van der Waals surface area contributed by atoms with E-state index < -0.39 is 0 Å². The molecule has 16 heavy (non-hydrogen) atoms. The van der Waals surface area contributed by atoms with Crippen LogP contribution < -0.4 is 10.9 Å². The molecule has 0 aromatic carbocycles. The summed E-state index contributed by atoms with van der Waals surface area (Å²) in [5.41, 5.74) is 0.0497. The fraction of sp³-hybridized carbons (Fsp3) is 0.455. The molecule has 0 aliphatic heterocycles. The van der Waals surface area contributed by atoms with E-state index in [1.807, 2.05) is 6.26 Å². The summed E-state index contributed by atoms with van der Waals surface area (Å²) < 4.78 is 0. The van der Waals surface area contributed by atoms with E-state index in [1.54, 1.807) is 23.9 Å². The molecule has 1 atom stereocenters. The molecule has 4 nitrogen and oxygen atoms in total. The minimum absolute atomic E-state index is 0.231. The van der Waals surface area contributed by atoms with Gasteiger partial charge in [0.1, 0.15) is 5.69 Å². The van der Waals surface area contributed by atoms with Crippen LogP contribution in [0, 0.1) is 5.92 Å². The normalized spacial score (nSPS) is 12.1. The van der Waals surface area contributed by atoms with E-state index in [9.17, 15) is 9.59 Å². The van der Waals surface area contributed by atoms with E-state index in [-0.39, 0.29) is 11.5 Å². The Morgan fingerprint density at radius 1 is 1.56 bits per heavy atom. The third-order valence-electron chi connectivity index (χ3n) is 2.08. The van der Waals surface area contributed by atoms with Crippen LogP contribution in [0.4, 0.5) is 0 Å². The first kappa shape index (κ1) is 12.8. The van der Waals surface area contributed by atoms with E-state index >= 15 is 0 Å². The molecule has 0 fully saturated rings. The predicted molar refractivity (Wildman–Crippen MR) is 66.9 cm³/mol. The van der Waals surface area contributed by atoms with Gasteiger partial charge in [0.25, 0.3) is 5.91 Å². The van der Waals surface area contributed by atoms with E-state index in [1.165, 1.54) is 6.07 Å². The molecule has 5 heteroatoms. The molecule has 1 heterocycles. The Morgan fingerprint density at radius 2 is 2.31 bits per heavy atom. The molecule has 1 rings (SSSR count). The number of aromatic amines is 1. The van der Waals surface area contributed by atoms with Crippen LogP contribution in [0.25, 0.3) is 0 Å². The van der Waals surface area contributed by atoms with Gasteiger partial charge in [0.2, 0.25) is 5.56 Å². The number of thioether (sulfide) groups is 1. The molecule has 0 spiro atoms. The summed E-state index contributed by atoms with van der Waals surface area (Å²) in [4.78, 5) is 25.1. The number of hydrogen-bond acceptors (Lipinski definition) is 3. The van der Waals surface area contributed by atoms with Gasteiger partial charge in [-0.1, -0.05) is 13.0 Å². The van der Waals surface area contributed by atoms with Crippen molar-refractivity contribution in [3.05, 3.63) is 34.2 Å². The zero-order valence-electron chi connectivity index (χ0n) is 9.45. The summed E-state index contributed by atoms with van der Waals surface area (Å²) in [5, 5.41) is 2.79. The topological polar surface area (TPSA) is 62.0 Å². The van der Waals surface area contributed by atoms with Crippen LogP contribution in [0.15, 0.2) is 23.0 Å². The van der Waals surface area contributed by atoms with Gasteiger partial charge in [0.05, 0.1) is 0 Å². The number of rotatable bonds is 5. The summed E-state index contributed by atoms with van der Waals surface area (Å²) >= 11 is 1.75. The summed E-state index contributed by atoms with van der Waals surface area (Å²) in [7, 11) is 0. The molecule has 0 aliphatic rings. The Kier molecular flexibility index (Phi) is 5.11. The molecule has 0 radical (unpaired) electrons. The Bertz CT molecular complexity index is 403. The average Bonchev–Trinajstić information content (AvgIpc) is 2.26. The number of carbonyl (C=O) groups excluding carboxylic acids is 1. The van der Waals surface area contributed by atoms with Crippen LogP contribution in [0.5, 0.6) is 0 Å². The number of H-pyrrole nitrogens is 1. The fourth-order valence-electron chi connectivity index (χ4n) is 1.29. The fourth-order valence-corrected chi connectivity index (χ4v) is 1.97. The minimum Gasteiger partial charge on any atom is -0.350 e. The first-order valence-corrected chi connectivity index (χ1v) is 6.49. The monoisotopic (exact) mass is 240 g/mol. The lowest BCUT2D eigenvalue weighted by Crippen LogP contribution is -2.30. The average molecular weight is 240 g/mol. The van der Waals surface area contributed by atoms with Crippen LogP contribution >= 0.6 is 11.8 Å². The van der Waals surface area contributed by atoms with Crippen molar-refractivity contribution < 1.29 is 4.79 Å². The van der Waals surface area contributed by atoms with Gasteiger partial charge in [0.15, 0.2) is 0 Å². The molecule has 1 aromatic heterocycles. The summed E-state index contributed by atoms with van der Waals surface area (Å²) in [6.07, 6.45) is 2.03. The van der Waals surface area contributed by atoms with E-state index in [2.05, 4.69) is 17.2 Å². The molecule has 0 bridgehead atoms. The standard InChI is InChI=1S/C11H16N2O2S/c1-8(7-16-2)6-12-11(15)9-4-3-5-10(14)13-9/h3-5,8H,6-7H2,1-2H3,(H,12,15)(H,13,14). The smallest absolute Gasteiger partial charge is 0.267 e. The van der Waals surface area contributed by atoms with E-state index in [0.717, 1.165) is 5.75 Å². The van der Waals surface area contributed by atoms with Crippen LogP contribution in [-0.2, 0) is 0 Å². The van der Waals surface area contributed by atoms with E-state index in [0.29, 0.717) is 18.2 Å². The maximum Gasteiger partial charge on any atom is 0.267 e. The Balaban J connectivity index is 2.50. The number of nitrogens with one attached hydrogen (secondary N) is 2. The van der Waals surface area contributed by atoms with Crippen LogP contribution in [0.2, 0.25) is 0 Å². The minimum atomic E-state index is -0.259. The quantitative estimate of drug-likeness (QED) is 0.810. The van der Waals surface area contributed by atoms with Gasteiger partial charge in [-0.2, -0.15) is 11.8 Å². The van der Waals surface area contributed by atoms with Gasteiger partial charge >= 0.3 is 0 Å². The third kappa shape index (κ3) is 4.10. The molecule has 1 amide bonds. The second-order valence-corrected chi connectivity index (χ2v) is 4.61. The lowest BCUT2D eigenvalue weighted by Gasteiger charge is -2.10. The number of pyridine rings is 1. The summed E-state index contributed by atoms with van der Waals surface area (Å²) in [6, 6.07) is 4.54. The highest BCUT2D eigenvalue weighted by Crippen LogP contribution is 2.02. The van der Waals surface area contributed by atoms with Crippen molar-refractivity contribution in [2.45, 2.75) is 6.92 Å².